The highest BCUT2D eigenvalue weighted by molar-refractivity contribution is 7.98. The Hall–Kier alpha value is -0.510. The Kier molecular flexibility index (Phi) is 3.78. The lowest BCUT2D eigenvalue weighted by Crippen LogP contribution is -2.08. The van der Waals surface area contributed by atoms with Crippen LogP contribution < -0.4 is 0 Å². The van der Waals surface area contributed by atoms with Crippen molar-refractivity contribution in [2.45, 2.75) is 32.7 Å². The minimum absolute atomic E-state index is 0.440. The molecule has 0 spiro atoms. The third-order valence-corrected chi connectivity index (χ3v) is 2.79. The summed E-state index contributed by atoms with van der Waals surface area (Å²) in [6.07, 6.45) is 4.16. The zero-order valence-corrected chi connectivity index (χ0v) is 9.51. The number of thioether (sulfide) groups is 1. The highest BCUT2D eigenvalue weighted by Gasteiger charge is 2.08. The smallest absolute Gasteiger partial charge is 0.0852 e. The Morgan fingerprint density at radius 3 is 2.62 bits per heavy atom. The number of rotatable bonds is 4. The van der Waals surface area contributed by atoms with Crippen molar-refractivity contribution in [1.82, 2.24) is 15.0 Å². The lowest BCUT2D eigenvalue weighted by molar-refractivity contribution is 0.521. The summed E-state index contributed by atoms with van der Waals surface area (Å²) in [6, 6.07) is 0.440. The van der Waals surface area contributed by atoms with Gasteiger partial charge in [-0.2, -0.15) is 11.8 Å². The molecule has 0 aliphatic heterocycles. The molecule has 1 heterocycles. The molecule has 0 amide bonds. The maximum Gasteiger partial charge on any atom is 0.0852 e. The molecule has 0 aliphatic rings. The van der Waals surface area contributed by atoms with E-state index in [0.717, 1.165) is 11.4 Å². The first-order chi connectivity index (χ1) is 6.15. The molecule has 0 saturated heterocycles. The molecule has 0 fully saturated rings. The fourth-order valence-electron chi connectivity index (χ4n) is 1.09. The van der Waals surface area contributed by atoms with Crippen LogP contribution in [-0.2, 0) is 0 Å². The zero-order chi connectivity index (χ0) is 9.84. The molecule has 0 aliphatic carbocycles. The fraction of sp³-hybridized carbons (Fsp3) is 0.778. The molecular formula is C9H17N3S. The number of nitrogens with zero attached hydrogens (tertiary/aromatic N) is 3. The summed E-state index contributed by atoms with van der Waals surface area (Å²) in [7, 11) is 0. The quantitative estimate of drug-likeness (QED) is 0.745. The van der Waals surface area contributed by atoms with E-state index in [9.17, 15) is 0 Å². The molecule has 1 atom stereocenters. The second-order valence-corrected chi connectivity index (χ2v) is 4.49. The summed E-state index contributed by atoms with van der Waals surface area (Å²) < 4.78 is 1.95. The van der Waals surface area contributed by atoms with Crippen LogP contribution in [0, 0.1) is 0 Å². The topological polar surface area (TPSA) is 30.7 Å². The second kappa shape index (κ2) is 4.65. The normalized spacial score (nSPS) is 13.6. The highest BCUT2D eigenvalue weighted by Crippen LogP contribution is 2.14. The molecule has 0 bridgehead atoms. The molecule has 4 heteroatoms. The van der Waals surface area contributed by atoms with Crippen LogP contribution in [0.2, 0.25) is 0 Å². The number of aromatic nitrogens is 3. The van der Waals surface area contributed by atoms with Crippen LogP contribution in [-0.4, -0.2) is 27.0 Å². The maximum absolute atomic E-state index is 4.12. The third kappa shape index (κ3) is 2.72. The van der Waals surface area contributed by atoms with Gasteiger partial charge in [0.05, 0.1) is 11.7 Å². The van der Waals surface area contributed by atoms with E-state index in [1.807, 2.05) is 22.6 Å². The molecule has 3 nitrogen and oxygen atoms in total. The molecule has 1 aromatic heterocycles. The fourth-order valence-corrected chi connectivity index (χ4v) is 1.72. The molecule has 0 saturated carbocycles. The minimum Gasteiger partial charge on any atom is -0.249 e. The first kappa shape index (κ1) is 10.6. The molecule has 0 N–H and O–H groups in total. The standard InChI is InChI=1S/C9H17N3S/c1-7(2)9-5-12(11-10-9)8(3)6-13-4/h5,7-8H,6H2,1-4H3. The Morgan fingerprint density at radius 1 is 1.46 bits per heavy atom. The van der Waals surface area contributed by atoms with Crippen molar-refractivity contribution in [2.75, 3.05) is 12.0 Å². The van der Waals surface area contributed by atoms with Gasteiger partial charge in [-0.1, -0.05) is 19.1 Å². The van der Waals surface area contributed by atoms with Crippen LogP contribution in [0.25, 0.3) is 0 Å². The van der Waals surface area contributed by atoms with E-state index in [1.165, 1.54) is 0 Å². The molecule has 1 unspecified atom stereocenters. The van der Waals surface area contributed by atoms with Crippen molar-refractivity contribution in [1.29, 1.82) is 0 Å². The summed E-state index contributed by atoms with van der Waals surface area (Å²) in [6.45, 7) is 6.43. The summed E-state index contributed by atoms with van der Waals surface area (Å²) in [4.78, 5) is 0. The van der Waals surface area contributed by atoms with Gasteiger partial charge in [0.15, 0.2) is 0 Å². The second-order valence-electron chi connectivity index (χ2n) is 3.58. The van der Waals surface area contributed by atoms with E-state index in [0.29, 0.717) is 12.0 Å². The van der Waals surface area contributed by atoms with Crippen molar-refractivity contribution in [3.63, 3.8) is 0 Å². The van der Waals surface area contributed by atoms with E-state index in [-0.39, 0.29) is 0 Å². The molecule has 0 aromatic carbocycles. The Balaban J connectivity index is 2.67. The molecule has 1 rings (SSSR count). The minimum atomic E-state index is 0.440. The van der Waals surface area contributed by atoms with E-state index >= 15 is 0 Å². The summed E-state index contributed by atoms with van der Waals surface area (Å²) in [5.41, 5.74) is 1.08. The monoisotopic (exact) mass is 199 g/mol. The van der Waals surface area contributed by atoms with Gasteiger partial charge in [-0.25, -0.2) is 4.68 Å². The average molecular weight is 199 g/mol. The molecule has 1 aromatic rings. The summed E-state index contributed by atoms with van der Waals surface area (Å²) in [5, 5.41) is 8.23. The average Bonchev–Trinajstić information content (AvgIpc) is 2.52. The van der Waals surface area contributed by atoms with Crippen molar-refractivity contribution in [3.05, 3.63) is 11.9 Å². The third-order valence-electron chi connectivity index (χ3n) is 1.98. The van der Waals surface area contributed by atoms with Crippen molar-refractivity contribution >= 4 is 11.8 Å². The van der Waals surface area contributed by atoms with Crippen LogP contribution in [0.1, 0.15) is 38.4 Å². The zero-order valence-electron chi connectivity index (χ0n) is 8.69. The Morgan fingerprint density at radius 2 is 2.15 bits per heavy atom. The molecular weight excluding hydrogens is 182 g/mol. The first-order valence-electron chi connectivity index (χ1n) is 4.55. The number of hydrogen-bond acceptors (Lipinski definition) is 3. The van der Waals surface area contributed by atoms with Gasteiger partial charge < -0.3 is 0 Å². The van der Waals surface area contributed by atoms with Crippen LogP contribution in [0.3, 0.4) is 0 Å². The van der Waals surface area contributed by atoms with Gasteiger partial charge in [0.1, 0.15) is 0 Å². The largest absolute Gasteiger partial charge is 0.249 e. The van der Waals surface area contributed by atoms with Crippen LogP contribution in [0.15, 0.2) is 6.20 Å². The van der Waals surface area contributed by atoms with Gasteiger partial charge in [0, 0.05) is 11.9 Å². The van der Waals surface area contributed by atoms with Gasteiger partial charge in [0.25, 0.3) is 0 Å². The molecule has 74 valence electrons. The van der Waals surface area contributed by atoms with Gasteiger partial charge in [0.2, 0.25) is 0 Å². The van der Waals surface area contributed by atoms with Gasteiger partial charge >= 0.3 is 0 Å². The lowest BCUT2D eigenvalue weighted by atomic mass is 10.2. The molecule has 13 heavy (non-hydrogen) atoms. The predicted molar refractivity (Wildman–Crippen MR) is 57.2 cm³/mol. The SMILES string of the molecule is CSCC(C)n1cc(C(C)C)nn1. The van der Waals surface area contributed by atoms with Crippen LogP contribution in [0.5, 0.6) is 0 Å². The summed E-state index contributed by atoms with van der Waals surface area (Å²) in [5.74, 6) is 1.55. The van der Waals surface area contributed by atoms with Crippen molar-refractivity contribution < 1.29 is 0 Å². The van der Waals surface area contributed by atoms with Crippen molar-refractivity contribution in [3.8, 4) is 0 Å². The van der Waals surface area contributed by atoms with Crippen LogP contribution >= 0.6 is 11.8 Å². The van der Waals surface area contributed by atoms with E-state index in [2.05, 4.69) is 37.3 Å². The van der Waals surface area contributed by atoms with E-state index < -0.39 is 0 Å². The number of hydrogen-bond donors (Lipinski definition) is 0. The lowest BCUT2D eigenvalue weighted by Gasteiger charge is -2.08. The van der Waals surface area contributed by atoms with Crippen molar-refractivity contribution in [2.24, 2.45) is 0 Å². The van der Waals surface area contributed by atoms with E-state index in [1.54, 1.807) is 0 Å². The first-order valence-corrected chi connectivity index (χ1v) is 5.95. The summed E-state index contributed by atoms with van der Waals surface area (Å²) >= 11 is 1.83. The highest BCUT2D eigenvalue weighted by atomic mass is 32.2. The Bertz CT molecular complexity index is 257. The van der Waals surface area contributed by atoms with E-state index in [4.69, 9.17) is 0 Å². The van der Waals surface area contributed by atoms with Gasteiger partial charge in [-0.15, -0.1) is 5.10 Å². The molecule has 0 radical (unpaired) electrons. The van der Waals surface area contributed by atoms with Crippen LogP contribution in [0.4, 0.5) is 0 Å². The van der Waals surface area contributed by atoms with Gasteiger partial charge in [-0.3, -0.25) is 0 Å². The predicted octanol–water partition coefficient (Wildman–Crippen LogP) is 2.33. The maximum atomic E-state index is 4.12. The Labute approximate surface area is 83.9 Å². The van der Waals surface area contributed by atoms with Gasteiger partial charge in [-0.05, 0) is 19.1 Å².